The largest absolute Gasteiger partial charge is 0.495 e. The fourth-order valence-corrected chi connectivity index (χ4v) is 4.21. The predicted molar refractivity (Wildman–Crippen MR) is 124 cm³/mol. The number of hydrogen-bond acceptors (Lipinski definition) is 5. The van der Waals surface area contributed by atoms with Crippen molar-refractivity contribution in [3.8, 4) is 5.75 Å². The number of carbonyl (C=O) groups is 1. The van der Waals surface area contributed by atoms with Crippen molar-refractivity contribution in [1.82, 2.24) is 4.90 Å². The minimum Gasteiger partial charge on any atom is -0.495 e. The molecule has 1 aliphatic rings. The molecule has 158 valence electrons. The molecule has 1 aliphatic heterocycles. The number of nitrogens with one attached hydrogen (secondary N) is 1. The molecule has 1 amide bonds. The lowest BCUT2D eigenvalue weighted by atomic mass is 10.1. The Morgan fingerprint density at radius 2 is 1.68 bits per heavy atom. The van der Waals surface area contributed by atoms with Gasteiger partial charge in [0.25, 0.3) is 0 Å². The summed E-state index contributed by atoms with van der Waals surface area (Å²) in [6.45, 7) is 3.87. The Labute approximate surface area is 181 Å². The molecule has 1 fully saturated rings. The van der Waals surface area contributed by atoms with E-state index in [4.69, 9.17) is 9.15 Å². The molecule has 4 aromatic rings. The quantitative estimate of drug-likeness (QED) is 0.525. The minimum absolute atomic E-state index is 0.0538. The van der Waals surface area contributed by atoms with Gasteiger partial charge in [-0.1, -0.05) is 36.4 Å². The zero-order valence-electron chi connectivity index (χ0n) is 17.5. The van der Waals surface area contributed by atoms with Gasteiger partial charge in [-0.2, -0.15) is 0 Å². The highest BCUT2D eigenvalue weighted by molar-refractivity contribution is 6.07. The molecule has 1 N–H and O–H groups in total. The van der Waals surface area contributed by atoms with Crippen LogP contribution in [0.15, 0.2) is 71.1 Å². The summed E-state index contributed by atoms with van der Waals surface area (Å²) in [5, 5.41) is 5.02. The Hall–Kier alpha value is -3.51. The Kier molecular flexibility index (Phi) is 5.22. The lowest BCUT2D eigenvalue weighted by Gasteiger charge is -2.35. The van der Waals surface area contributed by atoms with Crippen molar-refractivity contribution in [3.63, 3.8) is 0 Å². The van der Waals surface area contributed by atoms with E-state index in [1.807, 2.05) is 42.5 Å². The van der Waals surface area contributed by atoms with Crippen molar-refractivity contribution in [3.05, 3.63) is 66.7 Å². The summed E-state index contributed by atoms with van der Waals surface area (Å²) < 4.78 is 11.5. The van der Waals surface area contributed by atoms with Crippen LogP contribution in [0.2, 0.25) is 0 Å². The van der Waals surface area contributed by atoms with Crippen LogP contribution >= 0.6 is 0 Å². The predicted octanol–water partition coefficient (Wildman–Crippen LogP) is 4.36. The van der Waals surface area contributed by atoms with E-state index < -0.39 is 0 Å². The van der Waals surface area contributed by atoms with E-state index in [1.165, 1.54) is 5.69 Å². The molecule has 1 aromatic heterocycles. The molecule has 0 spiro atoms. The number of piperazine rings is 1. The maximum Gasteiger partial charge on any atom is 0.238 e. The topological polar surface area (TPSA) is 58.0 Å². The molecule has 6 nitrogen and oxygen atoms in total. The number of carbonyl (C=O) groups excluding carboxylic acids is 1. The van der Waals surface area contributed by atoms with E-state index in [0.29, 0.717) is 18.0 Å². The first-order valence-electron chi connectivity index (χ1n) is 10.5. The number of methoxy groups -OCH3 is 1. The van der Waals surface area contributed by atoms with Crippen LogP contribution in [0.25, 0.3) is 21.9 Å². The number of fused-ring (bicyclic) bond motifs is 3. The van der Waals surface area contributed by atoms with Crippen LogP contribution in [0.5, 0.6) is 5.75 Å². The minimum atomic E-state index is -0.0538. The van der Waals surface area contributed by atoms with Crippen LogP contribution in [0.4, 0.5) is 11.4 Å². The van der Waals surface area contributed by atoms with Crippen LogP contribution in [0, 0.1) is 0 Å². The molecule has 6 heteroatoms. The number of benzene rings is 3. The van der Waals surface area contributed by atoms with Gasteiger partial charge in [0.05, 0.1) is 19.3 Å². The van der Waals surface area contributed by atoms with E-state index >= 15 is 0 Å². The Bertz CT molecular complexity index is 1210. The molecule has 3 aromatic carbocycles. The molecule has 1 saturated heterocycles. The average molecular weight is 415 g/mol. The summed E-state index contributed by atoms with van der Waals surface area (Å²) in [5.41, 5.74) is 3.41. The van der Waals surface area contributed by atoms with Crippen molar-refractivity contribution in [2.75, 3.05) is 50.1 Å². The number of anilines is 2. The zero-order valence-corrected chi connectivity index (χ0v) is 17.5. The maximum absolute atomic E-state index is 12.8. The third-order valence-corrected chi connectivity index (χ3v) is 5.83. The monoisotopic (exact) mass is 415 g/mol. The van der Waals surface area contributed by atoms with Gasteiger partial charge in [0.2, 0.25) is 5.91 Å². The van der Waals surface area contributed by atoms with Gasteiger partial charge < -0.3 is 19.4 Å². The highest BCUT2D eigenvalue weighted by Gasteiger charge is 2.20. The van der Waals surface area contributed by atoms with Gasteiger partial charge in [-0.05, 0) is 24.3 Å². The Balaban J connectivity index is 1.26. The first-order chi connectivity index (χ1) is 15.2. The summed E-state index contributed by atoms with van der Waals surface area (Å²) in [6, 6.07) is 22.1. The summed E-state index contributed by atoms with van der Waals surface area (Å²) in [7, 11) is 1.61. The molecular weight excluding hydrogens is 390 g/mol. The summed E-state index contributed by atoms with van der Waals surface area (Å²) >= 11 is 0. The van der Waals surface area contributed by atoms with E-state index in [1.54, 1.807) is 7.11 Å². The van der Waals surface area contributed by atoms with Gasteiger partial charge in [-0.25, -0.2) is 0 Å². The SMILES string of the molecule is COc1cc2c(cc1NC(=O)CN1CCN(c3ccccc3)CC1)oc1ccccc12. The van der Waals surface area contributed by atoms with Gasteiger partial charge in [-0.3, -0.25) is 9.69 Å². The van der Waals surface area contributed by atoms with Crippen molar-refractivity contribution in [2.24, 2.45) is 0 Å². The third kappa shape index (κ3) is 3.94. The highest BCUT2D eigenvalue weighted by atomic mass is 16.5. The first-order valence-corrected chi connectivity index (χ1v) is 10.5. The van der Waals surface area contributed by atoms with Gasteiger partial charge in [-0.15, -0.1) is 0 Å². The van der Waals surface area contributed by atoms with Crippen LogP contribution < -0.4 is 15.0 Å². The lowest BCUT2D eigenvalue weighted by molar-refractivity contribution is -0.117. The standard InChI is InChI=1S/C25H25N3O3/c1-30-24-15-20-19-9-5-6-10-22(19)31-23(20)16-21(24)26-25(29)17-27-11-13-28(14-12-27)18-7-3-2-4-8-18/h2-10,15-16H,11-14,17H2,1H3,(H,26,29). The fourth-order valence-electron chi connectivity index (χ4n) is 4.21. The van der Waals surface area contributed by atoms with Crippen LogP contribution in [0.3, 0.4) is 0 Å². The number of para-hydroxylation sites is 2. The highest BCUT2D eigenvalue weighted by Crippen LogP contribution is 2.36. The normalized spacial score (nSPS) is 14.8. The van der Waals surface area contributed by atoms with Gasteiger partial charge >= 0.3 is 0 Å². The molecule has 0 atom stereocenters. The second-order valence-corrected chi connectivity index (χ2v) is 7.79. The van der Waals surface area contributed by atoms with Gasteiger partial charge in [0.15, 0.2) is 0 Å². The van der Waals surface area contributed by atoms with Gasteiger partial charge in [0, 0.05) is 48.7 Å². The fraction of sp³-hybridized carbons (Fsp3) is 0.240. The second kappa shape index (κ2) is 8.32. The summed E-state index contributed by atoms with van der Waals surface area (Å²) in [4.78, 5) is 17.3. The molecule has 0 radical (unpaired) electrons. The van der Waals surface area contributed by atoms with Crippen molar-refractivity contribution < 1.29 is 13.9 Å². The average Bonchev–Trinajstić information content (AvgIpc) is 3.17. The van der Waals surface area contributed by atoms with E-state index in [2.05, 4.69) is 39.4 Å². The molecule has 0 bridgehead atoms. The zero-order chi connectivity index (χ0) is 21.2. The van der Waals surface area contributed by atoms with Crippen molar-refractivity contribution in [1.29, 1.82) is 0 Å². The molecule has 0 unspecified atom stereocenters. The maximum atomic E-state index is 12.8. The molecule has 0 aliphatic carbocycles. The van der Waals surface area contributed by atoms with Crippen LogP contribution in [-0.2, 0) is 4.79 Å². The molecule has 31 heavy (non-hydrogen) atoms. The number of rotatable bonds is 5. The number of amides is 1. The lowest BCUT2D eigenvalue weighted by Crippen LogP contribution is -2.48. The van der Waals surface area contributed by atoms with Crippen LogP contribution in [0.1, 0.15) is 0 Å². The van der Waals surface area contributed by atoms with E-state index in [0.717, 1.165) is 48.1 Å². The third-order valence-electron chi connectivity index (χ3n) is 5.83. The number of nitrogens with zero attached hydrogens (tertiary/aromatic N) is 2. The van der Waals surface area contributed by atoms with Crippen LogP contribution in [-0.4, -0.2) is 50.6 Å². The van der Waals surface area contributed by atoms with E-state index in [-0.39, 0.29) is 5.91 Å². The van der Waals surface area contributed by atoms with Crippen molar-refractivity contribution >= 4 is 39.2 Å². The number of hydrogen-bond donors (Lipinski definition) is 1. The molecule has 5 rings (SSSR count). The molecule has 2 heterocycles. The summed E-state index contributed by atoms with van der Waals surface area (Å²) in [5.74, 6) is 0.572. The number of ether oxygens (including phenoxy) is 1. The Morgan fingerprint density at radius 1 is 0.935 bits per heavy atom. The second-order valence-electron chi connectivity index (χ2n) is 7.79. The van der Waals surface area contributed by atoms with Crippen molar-refractivity contribution in [2.45, 2.75) is 0 Å². The van der Waals surface area contributed by atoms with E-state index in [9.17, 15) is 4.79 Å². The van der Waals surface area contributed by atoms with Gasteiger partial charge in [0.1, 0.15) is 16.9 Å². The Morgan fingerprint density at radius 3 is 2.45 bits per heavy atom. The molecule has 0 saturated carbocycles. The smallest absolute Gasteiger partial charge is 0.238 e. The first kappa shape index (κ1) is 19.5. The molecular formula is C25H25N3O3. The summed E-state index contributed by atoms with van der Waals surface area (Å²) in [6.07, 6.45) is 0. The number of furan rings is 1.